The van der Waals surface area contributed by atoms with Crippen LogP contribution in [0.5, 0.6) is 0 Å². The summed E-state index contributed by atoms with van der Waals surface area (Å²) in [6.07, 6.45) is 10.2. The van der Waals surface area contributed by atoms with Gasteiger partial charge in [0.05, 0.1) is 0 Å². The Balaban J connectivity index is 1.57. The monoisotopic (exact) mass is 293 g/mol. The summed E-state index contributed by atoms with van der Waals surface area (Å²) in [5.74, 6) is 0.789. The first kappa shape index (κ1) is 13.3. The summed E-state index contributed by atoms with van der Waals surface area (Å²) < 4.78 is 5.92. The fourth-order valence-electron chi connectivity index (χ4n) is 3.12. The van der Waals surface area contributed by atoms with Crippen LogP contribution < -0.4 is 5.32 Å². The van der Waals surface area contributed by atoms with E-state index in [0.717, 1.165) is 40.9 Å². The normalized spacial score (nSPS) is 15.2. The molecule has 4 heteroatoms. The molecule has 1 aliphatic carbocycles. The van der Waals surface area contributed by atoms with Crippen LogP contribution in [0.25, 0.3) is 22.1 Å². The van der Waals surface area contributed by atoms with Crippen LogP contribution in [-0.2, 0) is 0 Å². The summed E-state index contributed by atoms with van der Waals surface area (Å²) in [4.78, 5) is 8.72. The van der Waals surface area contributed by atoms with Gasteiger partial charge in [0.1, 0.15) is 17.4 Å². The summed E-state index contributed by atoms with van der Waals surface area (Å²) >= 11 is 0. The highest BCUT2D eigenvalue weighted by atomic mass is 16.3. The summed E-state index contributed by atoms with van der Waals surface area (Å²) in [5.41, 5.74) is 4.05. The molecular formula is C18H19N3O. The van der Waals surface area contributed by atoms with Gasteiger partial charge in [0.15, 0.2) is 11.4 Å². The van der Waals surface area contributed by atoms with Gasteiger partial charge in [-0.05, 0) is 44.2 Å². The molecule has 112 valence electrons. The Morgan fingerprint density at radius 3 is 3.00 bits per heavy atom. The first-order valence-corrected chi connectivity index (χ1v) is 7.96. The minimum atomic E-state index is 0.751. The van der Waals surface area contributed by atoms with Gasteiger partial charge in [-0.3, -0.25) is 0 Å². The van der Waals surface area contributed by atoms with Gasteiger partial charge in [-0.25, -0.2) is 9.97 Å². The van der Waals surface area contributed by atoms with E-state index >= 15 is 0 Å². The number of hydrogen-bond donors (Lipinski definition) is 1. The number of hydrogen-bond acceptors (Lipinski definition) is 4. The fraction of sp³-hybridized carbons (Fsp3) is 0.333. The van der Waals surface area contributed by atoms with E-state index in [9.17, 15) is 0 Å². The van der Waals surface area contributed by atoms with Gasteiger partial charge in [-0.2, -0.15) is 0 Å². The number of fused-ring (bicyclic) bond motifs is 3. The zero-order chi connectivity index (χ0) is 14.8. The molecule has 0 fully saturated rings. The SMILES string of the molecule is C1=C(CCNc2ncnc3c2oc2ccccc23)CCCC1. The van der Waals surface area contributed by atoms with Crippen LogP contribution >= 0.6 is 0 Å². The van der Waals surface area contributed by atoms with Gasteiger partial charge in [0, 0.05) is 11.9 Å². The Labute approximate surface area is 129 Å². The van der Waals surface area contributed by atoms with Gasteiger partial charge < -0.3 is 9.73 Å². The van der Waals surface area contributed by atoms with Crippen molar-refractivity contribution in [2.24, 2.45) is 0 Å². The summed E-state index contributed by atoms with van der Waals surface area (Å²) in [5, 5.41) is 4.45. The number of anilines is 1. The maximum atomic E-state index is 5.92. The smallest absolute Gasteiger partial charge is 0.196 e. The second-order valence-corrected chi connectivity index (χ2v) is 5.78. The Kier molecular flexibility index (Phi) is 3.51. The van der Waals surface area contributed by atoms with Crippen molar-refractivity contribution < 1.29 is 4.42 Å². The van der Waals surface area contributed by atoms with E-state index in [1.165, 1.54) is 25.7 Å². The summed E-state index contributed by atoms with van der Waals surface area (Å²) in [6.45, 7) is 0.884. The molecule has 1 aliphatic rings. The van der Waals surface area contributed by atoms with Gasteiger partial charge in [0.25, 0.3) is 0 Å². The van der Waals surface area contributed by atoms with Crippen LogP contribution in [0.1, 0.15) is 32.1 Å². The minimum Gasteiger partial charge on any atom is -0.450 e. The number of rotatable bonds is 4. The molecule has 0 radical (unpaired) electrons. The lowest BCUT2D eigenvalue weighted by molar-refractivity contribution is 0.664. The molecule has 3 aromatic rings. The van der Waals surface area contributed by atoms with Crippen molar-refractivity contribution in [3.63, 3.8) is 0 Å². The number of aromatic nitrogens is 2. The molecular weight excluding hydrogens is 274 g/mol. The highest BCUT2D eigenvalue weighted by molar-refractivity contribution is 6.05. The van der Waals surface area contributed by atoms with Crippen molar-refractivity contribution in [1.29, 1.82) is 0 Å². The molecule has 0 saturated heterocycles. The van der Waals surface area contributed by atoms with E-state index in [2.05, 4.69) is 21.4 Å². The van der Waals surface area contributed by atoms with Crippen LogP contribution in [0.4, 0.5) is 5.82 Å². The van der Waals surface area contributed by atoms with Crippen LogP contribution in [0.2, 0.25) is 0 Å². The maximum Gasteiger partial charge on any atom is 0.196 e. The molecule has 1 aromatic carbocycles. The molecule has 0 unspecified atom stereocenters. The first-order chi connectivity index (χ1) is 10.9. The van der Waals surface area contributed by atoms with Crippen molar-refractivity contribution in [3.05, 3.63) is 42.2 Å². The standard InChI is InChI=1S/C18H19N3O/c1-2-6-13(7-3-1)10-11-19-18-17-16(20-12-21-18)14-8-4-5-9-15(14)22-17/h4-6,8-9,12H,1-3,7,10-11H2,(H,19,20,21). The van der Waals surface area contributed by atoms with Gasteiger partial charge in [-0.1, -0.05) is 23.8 Å². The second-order valence-electron chi connectivity index (χ2n) is 5.78. The number of furan rings is 1. The first-order valence-electron chi connectivity index (χ1n) is 7.96. The van der Waals surface area contributed by atoms with Gasteiger partial charge in [-0.15, -0.1) is 0 Å². The number of nitrogens with one attached hydrogen (secondary N) is 1. The number of nitrogens with zero attached hydrogens (tertiary/aromatic N) is 2. The Morgan fingerprint density at radius 2 is 2.09 bits per heavy atom. The Hall–Kier alpha value is -2.36. The Bertz CT molecular complexity index is 835. The number of para-hydroxylation sites is 1. The lowest BCUT2D eigenvalue weighted by Crippen LogP contribution is -2.06. The van der Waals surface area contributed by atoms with Crippen molar-refractivity contribution in [1.82, 2.24) is 9.97 Å². The largest absolute Gasteiger partial charge is 0.450 e. The number of allylic oxidation sites excluding steroid dienone is 1. The van der Waals surface area contributed by atoms with Crippen molar-refractivity contribution in [2.75, 3.05) is 11.9 Å². The predicted octanol–water partition coefficient (Wildman–Crippen LogP) is 4.68. The zero-order valence-electron chi connectivity index (χ0n) is 12.5. The van der Waals surface area contributed by atoms with E-state index in [4.69, 9.17) is 4.42 Å². The molecule has 0 saturated carbocycles. The average molecular weight is 293 g/mol. The predicted molar refractivity (Wildman–Crippen MR) is 89.0 cm³/mol. The Morgan fingerprint density at radius 1 is 1.14 bits per heavy atom. The molecule has 0 atom stereocenters. The quantitative estimate of drug-likeness (QED) is 0.710. The van der Waals surface area contributed by atoms with E-state index < -0.39 is 0 Å². The van der Waals surface area contributed by atoms with Crippen molar-refractivity contribution in [2.45, 2.75) is 32.1 Å². The average Bonchev–Trinajstić information content (AvgIpc) is 2.96. The number of benzene rings is 1. The molecule has 4 rings (SSSR count). The molecule has 0 spiro atoms. The third-order valence-electron chi connectivity index (χ3n) is 4.28. The van der Waals surface area contributed by atoms with E-state index in [1.54, 1.807) is 11.9 Å². The van der Waals surface area contributed by atoms with Crippen LogP contribution in [0.15, 0.2) is 46.7 Å². The second kappa shape index (κ2) is 5.79. The lowest BCUT2D eigenvalue weighted by Gasteiger charge is -2.13. The van der Waals surface area contributed by atoms with Gasteiger partial charge in [0.2, 0.25) is 0 Å². The van der Waals surface area contributed by atoms with E-state index in [0.29, 0.717) is 0 Å². The topological polar surface area (TPSA) is 51.0 Å². The summed E-state index contributed by atoms with van der Waals surface area (Å²) in [6, 6.07) is 7.97. The van der Waals surface area contributed by atoms with Crippen LogP contribution in [0.3, 0.4) is 0 Å². The molecule has 1 N–H and O–H groups in total. The molecule has 4 nitrogen and oxygen atoms in total. The van der Waals surface area contributed by atoms with Crippen LogP contribution in [-0.4, -0.2) is 16.5 Å². The molecule has 2 aromatic heterocycles. The zero-order valence-corrected chi connectivity index (χ0v) is 12.5. The third-order valence-corrected chi connectivity index (χ3v) is 4.28. The third kappa shape index (κ3) is 2.45. The molecule has 0 amide bonds. The van der Waals surface area contributed by atoms with Crippen LogP contribution in [0, 0.1) is 0 Å². The van der Waals surface area contributed by atoms with E-state index in [-0.39, 0.29) is 0 Å². The molecule has 0 bridgehead atoms. The lowest BCUT2D eigenvalue weighted by atomic mass is 9.97. The highest BCUT2D eigenvalue weighted by Crippen LogP contribution is 2.30. The fourth-order valence-corrected chi connectivity index (χ4v) is 3.12. The van der Waals surface area contributed by atoms with Crippen molar-refractivity contribution in [3.8, 4) is 0 Å². The molecule has 0 aliphatic heterocycles. The summed E-state index contributed by atoms with van der Waals surface area (Å²) in [7, 11) is 0. The minimum absolute atomic E-state index is 0.751. The van der Waals surface area contributed by atoms with Crippen molar-refractivity contribution >= 4 is 27.9 Å². The highest BCUT2D eigenvalue weighted by Gasteiger charge is 2.12. The maximum absolute atomic E-state index is 5.92. The molecule has 22 heavy (non-hydrogen) atoms. The van der Waals surface area contributed by atoms with E-state index in [1.807, 2.05) is 24.3 Å². The van der Waals surface area contributed by atoms with Gasteiger partial charge >= 0.3 is 0 Å². The molecule has 2 heterocycles.